The Labute approximate surface area is 147 Å². The van der Waals surface area contributed by atoms with Gasteiger partial charge < -0.3 is 20.6 Å². The molecule has 1 unspecified atom stereocenters. The number of aliphatic hydroxyl groups excluding tert-OH is 1. The number of carbonyl (C=O) groups is 2. The van der Waals surface area contributed by atoms with Gasteiger partial charge in [-0.25, -0.2) is 4.98 Å². The van der Waals surface area contributed by atoms with E-state index in [9.17, 15) is 14.7 Å². The lowest BCUT2D eigenvalue weighted by Gasteiger charge is -2.22. The van der Waals surface area contributed by atoms with Crippen molar-refractivity contribution in [3.63, 3.8) is 0 Å². The Bertz CT molecular complexity index is 726. The number of nitrogens with zero attached hydrogens (tertiary/aromatic N) is 1. The summed E-state index contributed by atoms with van der Waals surface area (Å²) in [5, 5.41) is 13.2. The van der Waals surface area contributed by atoms with Crippen molar-refractivity contribution in [3.05, 3.63) is 36.6 Å². The number of nitrogens with two attached hydrogens (primary N) is 1. The van der Waals surface area contributed by atoms with Gasteiger partial charge in [0.25, 0.3) is 0 Å². The summed E-state index contributed by atoms with van der Waals surface area (Å²) in [5.41, 5.74) is 6.25. The fraction of sp³-hybridized carbons (Fsp3) is 0.412. The third kappa shape index (κ3) is 4.67. The summed E-state index contributed by atoms with van der Waals surface area (Å²) in [5.74, 6) is -0.177. The van der Waals surface area contributed by atoms with Crippen molar-refractivity contribution >= 4 is 30.6 Å². The molecule has 1 radical (unpaired) electrons. The monoisotopic (exact) mass is 362 g/mol. The molecule has 0 fully saturated rings. The van der Waals surface area contributed by atoms with E-state index in [0.717, 1.165) is 0 Å². The Morgan fingerprint density at radius 3 is 2.68 bits per heavy atom. The number of fused-ring (bicyclic) bond motifs is 1. The Balaban J connectivity index is 2.01. The van der Waals surface area contributed by atoms with Crippen LogP contribution in [0.25, 0.3) is 11.1 Å². The van der Waals surface area contributed by atoms with Gasteiger partial charge in [0.15, 0.2) is 25.3 Å². The molecule has 2 atom stereocenters. The van der Waals surface area contributed by atoms with E-state index in [1.807, 2.05) is 32.2 Å². The molecule has 0 bridgehead atoms. The van der Waals surface area contributed by atoms with Gasteiger partial charge in [-0.05, 0) is 24.6 Å². The molecule has 1 heterocycles. The molecule has 7 nitrogen and oxygen atoms in total. The van der Waals surface area contributed by atoms with Crippen LogP contribution in [-0.4, -0.2) is 35.6 Å². The first kappa shape index (κ1) is 19.1. The molecule has 2 amide bonds. The molecular weight excluding hydrogens is 338 g/mol. The van der Waals surface area contributed by atoms with Crippen LogP contribution in [-0.2, 0) is 4.79 Å². The maximum absolute atomic E-state index is 12.1. The minimum atomic E-state index is -2.29. The lowest BCUT2D eigenvalue weighted by Crippen LogP contribution is -2.44. The van der Waals surface area contributed by atoms with Gasteiger partial charge >= 0.3 is 0 Å². The number of primary amides is 1. The fourth-order valence-corrected chi connectivity index (χ4v) is 3.18. The van der Waals surface area contributed by atoms with E-state index in [1.165, 1.54) is 6.42 Å². The summed E-state index contributed by atoms with van der Waals surface area (Å²) >= 11 is 0. The van der Waals surface area contributed by atoms with E-state index >= 15 is 0 Å². The third-order valence-corrected chi connectivity index (χ3v) is 6.74. The predicted molar refractivity (Wildman–Crippen MR) is 97.4 cm³/mol. The van der Waals surface area contributed by atoms with Gasteiger partial charge in [0, 0.05) is 6.42 Å². The normalized spacial score (nSPS) is 14.2. The number of amides is 2. The molecule has 0 spiro atoms. The number of hydrogen-bond donors (Lipinski definition) is 3. The first-order valence-corrected chi connectivity index (χ1v) is 11.4. The molecule has 135 valence electrons. The molecule has 4 N–H and O–H groups in total. The second-order valence-electron chi connectivity index (χ2n) is 6.64. The van der Waals surface area contributed by atoms with Crippen LogP contribution in [0.2, 0.25) is 19.1 Å². The Morgan fingerprint density at radius 2 is 2.08 bits per heavy atom. The standard InChI is InChI=1S/C17H24N3O4Si/c1-4-11(19-14(21)9-10-25(2,3)17(18)23)15(22)16-20-12-7-5-6-8-13(12)24-16/h5-9,11,15,22H,4,10H2,1-3H3,(H2,18,23)(H,19,21)/t11-,15?/m1/s1. The number of aromatic nitrogens is 1. The van der Waals surface area contributed by atoms with E-state index in [1.54, 1.807) is 12.1 Å². The summed E-state index contributed by atoms with van der Waals surface area (Å²) in [6.07, 6.45) is 0.866. The molecule has 2 rings (SSSR count). The van der Waals surface area contributed by atoms with E-state index in [4.69, 9.17) is 10.2 Å². The number of benzene rings is 1. The van der Waals surface area contributed by atoms with Crippen LogP contribution in [0.4, 0.5) is 4.79 Å². The smallest absolute Gasteiger partial charge is 0.226 e. The highest BCUT2D eigenvalue weighted by Gasteiger charge is 2.30. The number of hydrogen-bond acceptors (Lipinski definition) is 5. The van der Waals surface area contributed by atoms with E-state index in [2.05, 4.69) is 10.3 Å². The molecule has 0 saturated heterocycles. The zero-order valence-electron chi connectivity index (χ0n) is 14.7. The lowest BCUT2D eigenvalue weighted by molar-refractivity contribution is -0.119. The lowest BCUT2D eigenvalue weighted by atomic mass is 10.1. The summed E-state index contributed by atoms with van der Waals surface area (Å²) in [4.78, 5) is 27.8. The molecule has 2 aromatic rings. The summed E-state index contributed by atoms with van der Waals surface area (Å²) in [6, 6.07) is 7.02. The first-order valence-electron chi connectivity index (χ1n) is 8.21. The van der Waals surface area contributed by atoms with Gasteiger partial charge in [-0.15, -0.1) is 0 Å². The van der Waals surface area contributed by atoms with Gasteiger partial charge in [0.2, 0.25) is 11.8 Å². The van der Waals surface area contributed by atoms with Crippen LogP contribution in [0.1, 0.15) is 25.3 Å². The molecule has 0 aliphatic carbocycles. The van der Waals surface area contributed by atoms with Crippen LogP contribution in [0, 0.1) is 6.42 Å². The largest absolute Gasteiger partial charge is 0.438 e. The molecule has 25 heavy (non-hydrogen) atoms. The SMILES string of the molecule is CC[C@@H](NC(=O)[CH]C[Si](C)(C)C(N)=O)C(O)c1nc2ccccc2o1. The predicted octanol–water partition coefficient (Wildman–Crippen LogP) is 2.33. The van der Waals surface area contributed by atoms with Crippen LogP contribution in [0.3, 0.4) is 0 Å². The van der Waals surface area contributed by atoms with Crippen LogP contribution in [0.15, 0.2) is 28.7 Å². The van der Waals surface area contributed by atoms with E-state index in [0.29, 0.717) is 23.6 Å². The second-order valence-corrected chi connectivity index (χ2v) is 11.3. The molecule has 1 aromatic carbocycles. The molecule has 1 aromatic heterocycles. The minimum Gasteiger partial charge on any atom is -0.438 e. The van der Waals surface area contributed by atoms with Gasteiger partial charge in [0.1, 0.15) is 5.52 Å². The van der Waals surface area contributed by atoms with E-state index < -0.39 is 20.2 Å². The zero-order chi connectivity index (χ0) is 18.6. The highest BCUT2D eigenvalue weighted by Crippen LogP contribution is 2.23. The highest BCUT2D eigenvalue weighted by molar-refractivity contribution is 7.04. The number of nitrogens with one attached hydrogen (secondary N) is 1. The number of oxazole rings is 1. The van der Waals surface area contributed by atoms with Gasteiger partial charge in [0.05, 0.1) is 6.04 Å². The maximum Gasteiger partial charge on any atom is 0.226 e. The molecule has 0 aliphatic rings. The number of aliphatic hydroxyl groups is 1. The Hall–Kier alpha value is -2.19. The summed E-state index contributed by atoms with van der Waals surface area (Å²) in [7, 11) is -2.29. The van der Waals surface area contributed by atoms with Crippen molar-refractivity contribution in [1.29, 1.82) is 0 Å². The summed E-state index contributed by atoms with van der Waals surface area (Å²) in [6.45, 7) is 5.46. The molecule has 0 aliphatic heterocycles. The molecular formula is C17H24N3O4Si. The molecule has 8 heteroatoms. The van der Waals surface area contributed by atoms with Crippen molar-refractivity contribution in [2.45, 2.75) is 44.6 Å². The van der Waals surface area contributed by atoms with Crippen molar-refractivity contribution < 1.29 is 19.1 Å². The number of carbonyl (C=O) groups excluding carboxylic acids is 2. The topological polar surface area (TPSA) is 118 Å². The molecule has 0 saturated carbocycles. The zero-order valence-corrected chi connectivity index (χ0v) is 15.7. The average Bonchev–Trinajstić information content (AvgIpc) is 3.01. The van der Waals surface area contributed by atoms with Crippen molar-refractivity contribution in [2.75, 3.05) is 0 Å². The average molecular weight is 362 g/mol. The first-order chi connectivity index (χ1) is 11.7. The van der Waals surface area contributed by atoms with Crippen molar-refractivity contribution in [3.8, 4) is 0 Å². The highest BCUT2D eigenvalue weighted by atomic mass is 28.3. The Morgan fingerprint density at radius 1 is 1.40 bits per heavy atom. The van der Waals surface area contributed by atoms with Crippen molar-refractivity contribution in [1.82, 2.24) is 10.3 Å². The van der Waals surface area contributed by atoms with Gasteiger partial charge in [-0.3, -0.25) is 9.59 Å². The summed E-state index contributed by atoms with van der Waals surface area (Å²) < 4.78 is 5.56. The van der Waals surface area contributed by atoms with Gasteiger partial charge in [-0.2, -0.15) is 0 Å². The maximum atomic E-state index is 12.1. The Kier molecular flexibility index (Phi) is 5.96. The quantitative estimate of drug-likeness (QED) is 0.623. The minimum absolute atomic E-state index is 0.167. The third-order valence-electron chi connectivity index (χ3n) is 4.18. The van der Waals surface area contributed by atoms with Crippen LogP contribution in [0.5, 0.6) is 0 Å². The van der Waals surface area contributed by atoms with Crippen molar-refractivity contribution in [2.24, 2.45) is 5.73 Å². The van der Waals surface area contributed by atoms with E-state index in [-0.39, 0.29) is 17.3 Å². The second kappa shape index (κ2) is 7.79. The van der Waals surface area contributed by atoms with Gasteiger partial charge in [-0.1, -0.05) is 32.2 Å². The van der Waals surface area contributed by atoms with Crippen LogP contribution >= 0.6 is 0 Å². The fourth-order valence-electron chi connectivity index (χ4n) is 2.28. The van der Waals surface area contributed by atoms with Crippen LogP contribution < -0.4 is 11.1 Å². The number of rotatable bonds is 8. The number of para-hydroxylation sites is 2.